The predicted molar refractivity (Wildman–Crippen MR) is 69.0 cm³/mol. The fraction of sp³-hybridized carbons (Fsp3) is 0.231. The van der Waals surface area contributed by atoms with Crippen molar-refractivity contribution in [2.75, 3.05) is 14.2 Å². The lowest BCUT2D eigenvalue weighted by molar-refractivity contribution is 0.386. The third kappa shape index (κ3) is 2.65. The second-order valence-corrected chi connectivity index (χ2v) is 4.81. The molecule has 0 spiro atoms. The Balaban J connectivity index is 2.29. The van der Waals surface area contributed by atoms with Gasteiger partial charge in [0.15, 0.2) is 11.6 Å². The Morgan fingerprint density at radius 3 is 2.76 bits per heavy atom. The summed E-state index contributed by atoms with van der Waals surface area (Å²) in [5, 5.41) is 3.09. The molecular weight excluding hydrogens is 237 g/mol. The first-order valence-corrected chi connectivity index (χ1v) is 6.13. The van der Waals surface area contributed by atoms with Gasteiger partial charge in [-0.2, -0.15) is 0 Å². The van der Waals surface area contributed by atoms with Crippen LogP contribution in [-0.4, -0.2) is 14.2 Å². The number of thiophene rings is 1. The normalized spacial score (nSPS) is 10.5. The summed E-state index contributed by atoms with van der Waals surface area (Å²) < 4.78 is 18.5. The molecule has 0 aliphatic heterocycles. The third-order valence-corrected chi connectivity index (χ3v) is 3.58. The van der Waals surface area contributed by atoms with Crippen molar-refractivity contribution in [3.05, 3.63) is 41.0 Å². The molecule has 0 amide bonds. The van der Waals surface area contributed by atoms with E-state index in [0.29, 0.717) is 0 Å². The van der Waals surface area contributed by atoms with E-state index in [4.69, 9.17) is 4.74 Å². The molecule has 2 nitrogen and oxygen atoms in total. The molecule has 0 atom stereocenters. The number of ether oxygens (including phenoxy) is 1. The van der Waals surface area contributed by atoms with Gasteiger partial charge < -0.3 is 10.1 Å². The lowest BCUT2D eigenvalue weighted by Gasteiger charge is -2.03. The number of halogens is 1. The molecule has 0 bridgehead atoms. The number of nitrogens with one attached hydrogen (secondary N) is 1. The summed E-state index contributed by atoms with van der Waals surface area (Å²) in [6, 6.07) is 9.10. The quantitative estimate of drug-likeness (QED) is 0.900. The van der Waals surface area contributed by atoms with Crippen LogP contribution in [0.15, 0.2) is 30.3 Å². The van der Waals surface area contributed by atoms with Crippen LogP contribution < -0.4 is 10.1 Å². The van der Waals surface area contributed by atoms with Crippen molar-refractivity contribution in [1.29, 1.82) is 0 Å². The monoisotopic (exact) mass is 251 g/mol. The average molecular weight is 251 g/mol. The highest BCUT2D eigenvalue weighted by Crippen LogP contribution is 2.30. The van der Waals surface area contributed by atoms with E-state index in [1.54, 1.807) is 17.4 Å². The molecule has 0 aliphatic rings. The topological polar surface area (TPSA) is 21.3 Å². The molecule has 0 saturated heterocycles. The Bertz CT molecular complexity index is 510. The maximum Gasteiger partial charge on any atom is 0.165 e. The molecule has 0 unspecified atom stereocenters. The first-order valence-electron chi connectivity index (χ1n) is 5.32. The number of benzene rings is 1. The van der Waals surface area contributed by atoms with Crippen molar-refractivity contribution in [2.45, 2.75) is 6.54 Å². The van der Waals surface area contributed by atoms with Crippen LogP contribution in [0.25, 0.3) is 10.4 Å². The maximum atomic E-state index is 13.6. The van der Waals surface area contributed by atoms with E-state index in [0.717, 1.165) is 17.0 Å². The smallest absolute Gasteiger partial charge is 0.165 e. The molecule has 2 aromatic rings. The molecule has 1 aromatic carbocycles. The lowest BCUT2D eigenvalue weighted by atomic mass is 10.2. The van der Waals surface area contributed by atoms with Crippen molar-refractivity contribution in [3.63, 3.8) is 0 Å². The van der Waals surface area contributed by atoms with E-state index in [1.165, 1.54) is 18.1 Å². The average Bonchev–Trinajstić information content (AvgIpc) is 2.78. The minimum atomic E-state index is -0.325. The van der Waals surface area contributed by atoms with Crippen molar-refractivity contribution in [3.8, 4) is 16.2 Å². The summed E-state index contributed by atoms with van der Waals surface area (Å²) >= 11 is 1.66. The zero-order valence-electron chi connectivity index (χ0n) is 9.79. The predicted octanol–water partition coefficient (Wildman–Crippen LogP) is 3.28. The molecule has 0 radical (unpaired) electrons. The van der Waals surface area contributed by atoms with Gasteiger partial charge in [0.25, 0.3) is 0 Å². The molecule has 1 heterocycles. The summed E-state index contributed by atoms with van der Waals surface area (Å²) in [6.07, 6.45) is 0. The molecule has 17 heavy (non-hydrogen) atoms. The van der Waals surface area contributed by atoms with Crippen LogP contribution in [0.3, 0.4) is 0 Å². The summed E-state index contributed by atoms with van der Waals surface area (Å²) in [5.74, 6) is -0.0469. The van der Waals surface area contributed by atoms with E-state index in [9.17, 15) is 4.39 Å². The standard InChI is InChI=1S/C13H14FNOS/c1-15-8-10-4-6-13(17-10)9-3-5-12(16-2)11(14)7-9/h3-7,15H,8H2,1-2H3. The van der Waals surface area contributed by atoms with Crippen LogP contribution in [0, 0.1) is 5.82 Å². The molecule has 4 heteroatoms. The molecule has 1 N–H and O–H groups in total. The van der Waals surface area contributed by atoms with E-state index >= 15 is 0 Å². The zero-order chi connectivity index (χ0) is 12.3. The Labute approximate surface area is 104 Å². The SMILES string of the molecule is CNCc1ccc(-c2ccc(OC)c(F)c2)s1. The second kappa shape index (κ2) is 5.29. The molecular formula is C13H14FNOS. The largest absolute Gasteiger partial charge is 0.494 e. The van der Waals surface area contributed by atoms with Gasteiger partial charge in [-0.25, -0.2) is 4.39 Å². The van der Waals surface area contributed by atoms with E-state index in [2.05, 4.69) is 11.4 Å². The molecule has 90 valence electrons. The van der Waals surface area contributed by atoms with Crippen molar-refractivity contribution in [1.82, 2.24) is 5.32 Å². The van der Waals surface area contributed by atoms with Gasteiger partial charge in [-0.05, 0) is 42.9 Å². The van der Waals surface area contributed by atoms with E-state index in [1.807, 2.05) is 19.2 Å². The Hall–Kier alpha value is -1.39. The fourth-order valence-corrected chi connectivity index (χ4v) is 2.64. The highest BCUT2D eigenvalue weighted by Gasteiger charge is 2.07. The highest BCUT2D eigenvalue weighted by atomic mass is 32.1. The van der Waals surface area contributed by atoms with E-state index < -0.39 is 0 Å². The number of methoxy groups -OCH3 is 1. The van der Waals surface area contributed by atoms with Crippen LogP contribution in [0.1, 0.15) is 4.88 Å². The van der Waals surface area contributed by atoms with Gasteiger partial charge in [-0.1, -0.05) is 0 Å². The lowest BCUT2D eigenvalue weighted by Crippen LogP contribution is -2.02. The zero-order valence-corrected chi connectivity index (χ0v) is 10.6. The minimum absolute atomic E-state index is 0.278. The summed E-state index contributed by atoms with van der Waals surface area (Å²) in [5.41, 5.74) is 0.885. The van der Waals surface area contributed by atoms with Crippen molar-refractivity contribution in [2.24, 2.45) is 0 Å². The maximum absolute atomic E-state index is 13.6. The number of hydrogen-bond acceptors (Lipinski definition) is 3. The Morgan fingerprint density at radius 2 is 2.12 bits per heavy atom. The van der Waals surface area contributed by atoms with Crippen molar-refractivity contribution >= 4 is 11.3 Å². The molecule has 0 saturated carbocycles. The van der Waals surface area contributed by atoms with Crippen LogP contribution in [0.2, 0.25) is 0 Å². The first-order chi connectivity index (χ1) is 8.24. The minimum Gasteiger partial charge on any atom is -0.494 e. The molecule has 0 aliphatic carbocycles. The van der Waals surface area contributed by atoms with Gasteiger partial charge >= 0.3 is 0 Å². The van der Waals surface area contributed by atoms with Crippen molar-refractivity contribution < 1.29 is 9.13 Å². The van der Waals surface area contributed by atoms with Crippen LogP contribution in [0.5, 0.6) is 5.75 Å². The van der Waals surface area contributed by atoms with E-state index in [-0.39, 0.29) is 11.6 Å². The van der Waals surface area contributed by atoms with Gasteiger partial charge in [0.1, 0.15) is 0 Å². The van der Waals surface area contributed by atoms with Crippen LogP contribution >= 0.6 is 11.3 Å². The Kier molecular flexibility index (Phi) is 3.76. The fourth-order valence-electron chi connectivity index (χ4n) is 1.62. The van der Waals surface area contributed by atoms with Gasteiger partial charge in [0.05, 0.1) is 7.11 Å². The summed E-state index contributed by atoms with van der Waals surface area (Å²) in [7, 11) is 3.38. The van der Waals surface area contributed by atoms with Crippen LogP contribution in [0.4, 0.5) is 4.39 Å². The summed E-state index contributed by atoms with van der Waals surface area (Å²) in [6.45, 7) is 0.837. The third-order valence-electron chi connectivity index (χ3n) is 2.45. The highest BCUT2D eigenvalue weighted by molar-refractivity contribution is 7.15. The van der Waals surface area contributed by atoms with Gasteiger partial charge in [-0.3, -0.25) is 0 Å². The number of rotatable bonds is 4. The van der Waals surface area contributed by atoms with Crippen LogP contribution in [-0.2, 0) is 6.54 Å². The van der Waals surface area contributed by atoms with Gasteiger partial charge in [-0.15, -0.1) is 11.3 Å². The number of hydrogen-bond donors (Lipinski definition) is 1. The van der Waals surface area contributed by atoms with Gasteiger partial charge in [0.2, 0.25) is 0 Å². The second-order valence-electron chi connectivity index (χ2n) is 3.65. The molecule has 2 rings (SSSR count). The first kappa shape index (κ1) is 12.1. The molecule has 1 aromatic heterocycles. The van der Waals surface area contributed by atoms with Gasteiger partial charge in [0, 0.05) is 16.3 Å². The Morgan fingerprint density at radius 1 is 1.29 bits per heavy atom. The summed E-state index contributed by atoms with van der Waals surface area (Å²) in [4.78, 5) is 2.30. The molecule has 0 fully saturated rings.